The maximum absolute atomic E-state index is 12.4. The Bertz CT molecular complexity index is 505. The van der Waals surface area contributed by atoms with Gasteiger partial charge in [0.25, 0.3) is 5.91 Å². The van der Waals surface area contributed by atoms with Gasteiger partial charge in [0.1, 0.15) is 11.8 Å². The highest BCUT2D eigenvalue weighted by Gasteiger charge is 2.27. The zero-order valence-electron chi connectivity index (χ0n) is 10.4. The van der Waals surface area contributed by atoms with E-state index in [1.807, 2.05) is 0 Å². The van der Waals surface area contributed by atoms with Crippen molar-refractivity contribution >= 4 is 5.91 Å². The van der Waals surface area contributed by atoms with Crippen molar-refractivity contribution in [2.75, 3.05) is 6.54 Å². The van der Waals surface area contributed by atoms with Crippen LogP contribution in [0, 0.1) is 18.3 Å². The summed E-state index contributed by atoms with van der Waals surface area (Å²) in [5.74, 6) is 0.0401. The summed E-state index contributed by atoms with van der Waals surface area (Å²) in [6, 6.07) is 6.57. The first-order valence-electron chi connectivity index (χ1n) is 6.13. The van der Waals surface area contributed by atoms with Gasteiger partial charge in [0.05, 0.1) is 6.07 Å². The number of carbonyl (C=O) groups is 1. The number of carbonyl (C=O) groups excluding carboxylic acids is 1. The van der Waals surface area contributed by atoms with Gasteiger partial charge in [-0.2, -0.15) is 5.26 Å². The van der Waals surface area contributed by atoms with Gasteiger partial charge < -0.3 is 10.0 Å². The Morgan fingerprint density at radius 2 is 2.28 bits per heavy atom. The van der Waals surface area contributed by atoms with Crippen LogP contribution in [0.2, 0.25) is 0 Å². The Labute approximate surface area is 106 Å². The van der Waals surface area contributed by atoms with Crippen LogP contribution in [0.3, 0.4) is 0 Å². The molecular weight excluding hydrogens is 228 g/mol. The van der Waals surface area contributed by atoms with Gasteiger partial charge in [-0.05, 0) is 49.9 Å². The quantitative estimate of drug-likeness (QED) is 0.823. The molecule has 1 heterocycles. The molecule has 94 valence electrons. The number of benzene rings is 1. The predicted molar refractivity (Wildman–Crippen MR) is 67.1 cm³/mol. The van der Waals surface area contributed by atoms with Crippen LogP contribution < -0.4 is 0 Å². The maximum atomic E-state index is 12.4. The highest BCUT2D eigenvalue weighted by Crippen LogP contribution is 2.22. The van der Waals surface area contributed by atoms with Gasteiger partial charge in [0.15, 0.2) is 0 Å². The lowest BCUT2D eigenvalue weighted by Crippen LogP contribution is -2.43. The number of rotatable bonds is 1. The van der Waals surface area contributed by atoms with Crippen molar-refractivity contribution in [3.63, 3.8) is 0 Å². The Hall–Kier alpha value is -2.02. The van der Waals surface area contributed by atoms with Crippen molar-refractivity contribution in [2.24, 2.45) is 0 Å². The van der Waals surface area contributed by atoms with E-state index in [0.717, 1.165) is 24.8 Å². The molecule has 0 aliphatic carbocycles. The monoisotopic (exact) mass is 244 g/mol. The van der Waals surface area contributed by atoms with Gasteiger partial charge in [-0.3, -0.25) is 4.79 Å². The van der Waals surface area contributed by atoms with Crippen LogP contribution in [0.5, 0.6) is 5.75 Å². The first kappa shape index (κ1) is 12.4. The minimum absolute atomic E-state index is 0.112. The van der Waals surface area contributed by atoms with Gasteiger partial charge in [0.2, 0.25) is 0 Å². The molecule has 1 N–H and O–H groups in total. The molecule has 0 aromatic heterocycles. The highest BCUT2D eigenvalue weighted by atomic mass is 16.3. The first-order chi connectivity index (χ1) is 8.63. The number of phenolic OH excluding ortho intramolecular Hbond substituents is 1. The number of piperidine rings is 1. The number of likely N-dealkylation sites (tertiary alicyclic amines) is 1. The summed E-state index contributed by atoms with van der Waals surface area (Å²) < 4.78 is 0. The molecule has 1 fully saturated rings. The number of amides is 1. The van der Waals surface area contributed by atoms with E-state index in [2.05, 4.69) is 6.07 Å². The van der Waals surface area contributed by atoms with E-state index in [-0.39, 0.29) is 17.7 Å². The van der Waals surface area contributed by atoms with E-state index in [4.69, 9.17) is 5.26 Å². The second-order valence-electron chi connectivity index (χ2n) is 4.64. The molecule has 1 atom stereocenters. The first-order valence-corrected chi connectivity index (χ1v) is 6.13. The molecule has 1 aromatic carbocycles. The van der Waals surface area contributed by atoms with Crippen molar-refractivity contribution in [2.45, 2.75) is 32.2 Å². The Morgan fingerprint density at radius 3 is 2.94 bits per heavy atom. The second kappa shape index (κ2) is 5.09. The topological polar surface area (TPSA) is 64.3 Å². The van der Waals surface area contributed by atoms with E-state index >= 15 is 0 Å². The molecule has 2 rings (SSSR count). The van der Waals surface area contributed by atoms with E-state index in [1.165, 1.54) is 6.07 Å². The molecule has 18 heavy (non-hydrogen) atoms. The number of hydrogen-bond acceptors (Lipinski definition) is 3. The fourth-order valence-corrected chi connectivity index (χ4v) is 2.35. The molecule has 0 bridgehead atoms. The third-order valence-corrected chi connectivity index (χ3v) is 3.35. The molecule has 4 heteroatoms. The van der Waals surface area contributed by atoms with E-state index < -0.39 is 0 Å². The molecule has 1 aromatic rings. The molecule has 1 saturated heterocycles. The van der Waals surface area contributed by atoms with E-state index in [0.29, 0.717) is 12.1 Å². The third kappa shape index (κ3) is 2.30. The predicted octanol–water partition coefficient (Wildman–Crippen LogP) is 2.22. The summed E-state index contributed by atoms with van der Waals surface area (Å²) in [4.78, 5) is 14.0. The SMILES string of the molecule is Cc1cc(O)ccc1C(=O)N1CCCCC1C#N. The zero-order chi connectivity index (χ0) is 13.1. The number of aromatic hydroxyl groups is 1. The summed E-state index contributed by atoms with van der Waals surface area (Å²) in [6.45, 7) is 2.43. The summed E-state index contributed by atoms with van der Waals surface area (Å²) in [5.41, 5.74) is 1.30. The van der Waals surface area contributed by atoms with Crippen LogP contribution in [-0.2, 0) is 0 Å². The average molecular weight is 244 g/mol. The van der Waals surface area contributed by atoms with Crippen molar-refractivity contribution in [1.29, 1.82) is 5.26 Å². The largest absolute Gasteiger partial charge is 0.508 e. The number of phenols is 1. The Kier molecular flexibility index (Phi) is 3.52. The molecule has 0 radical (unpaired) electrons. The molecule has 0 saturated carbocycles. The highest BCUT2D eigenvalue weighted by molar-refractivity contribution is 5.96. The number of aryl methyl sites for hydroxylation is 1. The molecular formula is C14H16N2O2. The van der Waals surface area contributed by atoms with Crippen molar-refractivity contribution < 1.29 is 9.90 Å². The van der Waals surface area contributed by atoms with Gasteiger partial charge in [-0.15, -0.1) is 0 Å². The standard InChI is InChI=1S/C14H16N2O2/c1-10-8-12(17)5-6-13(10)14(18)16-7-3-2-4-11(16)9-15/h5-6,8,11,17H,2-4,7H2,1H3. The molecule has 1 aliphatic rings. The summed E-state index contributed by atoms with van der Waals surface area (Å²) in [5, 5.41) is 18.4. The third-order valence-electron chi connectivity index (χ3n) is 3.35. The fraction of sp³-hybridized carbons (Fsp3) is 0.429. The van der Waals surface area contributed by atoms with Crippen LogP contribution in [0.4, 0.5) is 0 Å². The fourth-order valence-electron chi connectivity index (χ4n) is 2.35. The summed E-state index contributed by atoms with van der Waals surface area (Å²) in [6.07, 6.45) is 2.69. The lowest BCUT2D eigenvalue weighted by Gasteiger charge is -2.31. The number of hydrogen-bond donors (Lipinski definition) is 1. The molecule has 0 spiro atoms. The lowest BCUT2D eigenvalue weighted by atomic mass is 10.0. The van der Waals surface area contributed by atoms with Crippen molar-refractivity contribution in [3.05, 3.63) is 29.3 Å². The number of nitriles is 1. The van der Waals surface area contributed by atoms with Gasteiger partial charge in [0, 0.05) is 12.1 Å². The van der Waals surface area contributed by atoms with Crippen molar-refractivity contribution in [1.82, 2.24) is 4.90 Å². The molecule has 4 nitrogen and oxygen atoms in total. The molecule has 1 unspecified atom stereocenters. The normalized spacial score (nSPS) is 19.3. The van der Waals surface area contributed by atoms with E-state index in [9.17, 15) is 9.90 Å². The van der Waals surface area contributed by atoms with Gasteiger partial charge in [-0.1, -0.05) is 0 Å². The minimum atomic E-state index is -0.320. The van der Waals surface area contributed by atoms with Crippen LogP contribution in [0.15, 0.2) is 18.2 Å². The molecule has 1 amide bonds. The Morgan fingerprint density at radius 1 is 1.50 bits per heavy atom. The second-order valence-corrected chi connectivity index (χ2v) is 4.64. The van der Waals surface area contributed by atoms with Gasteiger partial charge in [-0.25, -0.2) is 0 Å². The number of nitrogens with zero attached hydrogens (tertiary/aromatic N) is 2. The zero-order valence-corrected chi connectivity index (χ0v) is 10.4. The van der Waals surface area contributed by atoms with Crippen LogP contribution in [0.25, 0.3) is 0 Å². The van der Waals surface area contributed by atoms with Crippen LogP contribution >= 0.6 is 0 Å². The Balaban J connectivity index is 2.27. The average Bonchev–Trinajstić information content (AvgIpc) is 2.38. The van der Waals surface area contributed by atoms with Gasteiger partial charge >= 0.3 is 0 Å². The van der Waals surface area contributed by atoms with Crippen LogP contribution in [0.1, 0.15) is 35.2 Å². The smallest absolute Gasteiger partial charge is 0.255 e. The van der Waals surface area contributed by atoms with Crippen LogP contribution in [-0.4, -0.2) is 28.5 Å². The maximum Gasteiger partial charge on any atom is 0.255 e. The lowest BCUT2D eigenvalue weighted by molar-refractivity contribution is 0.0670. The molecule has 1 aliphatic heterocycles. The summed E-state index contributed by atoms with van der Waals surface area (Å²) >= 11 is 0. The van der Waals surface area contributed by atoms with E-state index in [1.54, 1.807) is 24.0 Å². The van der Waals surface area contributed by atoms with Crippen molar-refractivity contribution in [3.8, 4) is 11.8 Å². The minimum Gasteiger partial charge on any atom is -0.508 e. The summed E-state index contributed by atoms with van der Waals surface area (Å²) in [7, 11) is 0.